The maximum absolute atomic E-state index is 12.4. The SMILES string of the molecule is CCC(C)C(NC(=O)C(C)NC(=O)C(N)CCC(N)=O)C(=O)NC(CO)C(=O)O. The van der Waals surface area contributed by atoms with E-state index in [-0.39, 0.29) is 18.8 Å². The second-order valence-electron chi connectivity index (χ2n) is 6.80. The van der Waals surface area contributed by atoms with E-state index in [1.807, 2.05) is 0 Å². The van der Waals surface area contributed by atoms with Gasteiger partial charge in [0.15, 0.2) is 0 Å². The summed E-state index contributed by atoms with van der Waals surface area (Å²) in [5.74, 6) is -4.50. The molecule has 0 aliphatic rings. The third-order valence-corrected chi connectivity index (χ3v) is 4.38. The van der Waals surface area contributed by atoms with Crippen LogP contribution < -0.4 is 27.4 Å². The highest BCUT2D eigenvalue weighted by Gasteiger charge is 2.31. The number of rotatable bonds is 13. The monoisotopic (exact) mass is 417 g/mol. The van der Waals surface area contributed by atoms with Gasteiger partial charge < -0.3 is 37.6 Å². The van der Waals surface area contributed by atoms with Gasteiger partial charge in [-0.25, -0.2) is 4.79 Å². The van der Waals surface area contributed by atoms with Crippen LogP contribution in [0.1, 0.15) is 40.0 Å². The van der Waals surface area contributed by atoms with E-state index in [1.165, 1.54) is 6.92 Å². The van der Waals surface area contributed by atoms with E-state index in [0.717, 1.165) is 0 Å². The van der Waals surface area contributed by atoms with Crippen molar-refractivity contribution in [1.82, 2.24) is 16.0 Å². The molecule has 0 aromatic heterocycles. The van der Waals surface area contributed by atoms with Crippen molar-refractivity contribution in [2.45, 2.75) is 64.2 Å². The molecule has 0 rings (SSSR count). The molecule has 0 aliphatic carbocycles. The number of carboxylic acid groups (broad SMARTS) is 1. The van der Waals surface area contributed by atoms with Crippen LogP contribution in [-0.2, 0) is 24.0 Å². The molecular formula is C17H31N5O7. The maximum atomic E-state index is 12.4. The second-order valence-corrected chi connectivity index (χ2v) is 6.80. The molecule has 12 heteroatoms. The fourth-order valence-electron chi connectivity index (χ4n) is 2.24. The van der Waals surface area contributed by atoms with Crippen molar-refractivity contribution in [2.75, 3.05) is 6.61 Å². The standard InChI is InChI=1S/C17H31N5O7/c1-4-8(2)13(16(27)21-11(7-23)17(28)29)22-14(25)9(3)20-15(26)10(18)5-6-12(19)24/h8-11,13,23H,4-7,18H2,1-3H3,(H2,19,24)(H,20,26)(H,21,27)(H,22,25)(H,28,29). The summed E-state index contributed by atoms with van der Waals surface area (Å²) in [6, 6.07) is -4.67. The Balaban J connectivity index is 5.00. The second kappa shape index (κ2) is 12.7. The predicted octanol–water partition coefficient (Wildman–Crippen LogP) is -2.82. The lowest BCUT2D eigenvalue weighted by Crippen LogP contribution is -2.58. The molecule has 0 aromatic rings. The summed E-state index contributed by atoms with van der Waals surface area (Å²) in [6.07, 6.45) is 0.431. The molecule has 0 saturated heterocycles. The number of nitrogens with two attached hydrogens (primary N) is 2. The van der Waals surface area contributed by atoms with Gasteiger partial charge in [-0.1, -0.05) is 20.3 Å². The van der Waals surface area contributed by atoms with Gasteiger partial charge in [0.05, 0.1) is 12.6 Å². The molecule has 166 valence electrons. The highest BCUT2D eigenvalue weighted by Crippen LogP contribution is 2.09. The highest BCUT2D eigenvalue weighted by atomic mass is 16.4. The summed E-state index contributed by atoms with van der Waals surface area (Å²) in [5, 5.41) is 25.0. The first kappa shape index (κ1) is 26.3. The fraction of sp³-hybridized carbons (Fsp3) is 0.706. The van der Waals surface area contributed by atoms with Crippen LogP contribution >= 0.6 is 0 Å². The first-order valence-corrected chi connectivity index (χ1v) is 9.23. The van der Waals surface area contributed by atoms with Crippen molar-refractivity contribution in [2.24, 2.45) is 17.4 Å². The smallest absolute Gasteiger partial charge is 0.328 e. The maximum Gasteiger partial charge on any atom is 0.328 e. The van der Waals surface area contributed by atoms with Crippen molar-refractivity contribution in [3.8, 4) is 0 Å². The number of amides is 4. The normalized spacial score (nSPS) is 15.9. The van der Waals surface area contributed by atoms with Crippen LogP contribution in [0.3, 0.4) is 0 Å². The number of aliphatic hydroxyl groups excluding tert-OH is 1. The van der Waals surface area contributed by atoms with Crippen LogP contribution in [0.5, 0.6) is 0 Å². The van der Waals surface area contributed by atoms with Gasteiger partial charge in [-0.3, -0.25) is 19.2 Å². The van der Waals surface area contributed by atoms with Crippen molar-refractivity contribution in [3.63, 3.8) is 0 Å². The molecule has 0 heterocycles. The summed E-state index contributed by atoms with van der Waals surface area (Å²) >= 11 is 0. The summed E-state index contributed by atoms with van der Waals surface area (Å²) < 4.78 is 0. The predicted molar refractivity (Wildman–Crippen MR) is 102 cm³/mol. The van der Waals surface area contributed by atoms with E-state index in [1.54, 1.807) is 13.8 Å². The van der Waals surface area contributed by atoms with Crippen molar-refractivity contribution in [3.05, 3.63) is 0 Å². The van der Waals surface area contributed by atoms with Gasteiger partial charge in [0.2, 0.25) is 23.6 Å². The van der Waals surface area contributed by atoms with Gasteiger partial charge in [0.25, 0.3) is 0 Å². The molecule has 5 atom stereocenters. The van der Waals surface area contributed by atoms with Crippen LogP contribution in [0.15, 0.2) is 0 Å². The largest absolute Gasteiger partial charge is 0.480 e. The van der Waals surface area contributed by atoms with Gasteiger partial charge in [0.1, 0.15) is 18.1 Å². The number of hydrogen-bond acceptors (Lipinski definition) is 7. The lowest BCUT2D eigenvalue weighted by molar-refractivity contribution is -0.143. The molecular weight excluding hydrogens is 386 g/mol. The number of primary amides is 1. The molecule has 0 fully saturated rings. The first-order chi connectivity index (χ1) is 13.4. The summed E-state index contributed by atoms with van der Waals surface area (Å²) in [5.41, 5.74) is 10.6. The number of carbonyl (C=O) groups is 5. The van der Waals surface area contributed by atoms with Gasteiger partial charge in [-0.05, 0) is 19.3 Å². The molecule has 0 radical (unpaired) electrons. The van der Waals surface area contributed by atoms with Crippen molar-refractivity contribution < 1.29 is 34.2 Å². The molecule has 0 aliphatic heterocycles. The minimum Gasteiger partial charge on any atom is -0.480 e. The van der Waals surface area contributed by atoms with Gasteiger partial charge in [-0.15, -0.1) is 0 Å². The Kier molecular flexibility index (Phi) is 11.5. The van der Waals surface area contributed by atoms with E-state index in [9.17, 15) is 24.0 Å². The number of carbonyl (C=O) groups excluding carboxylic acids is 4. The fourth-order valence-corrected chi connectivity index (χ4v) is 2.24. The average molecular weight is 417 g/mol. The zero-order chi connectivity index (χ0) is 22.7. The van der Waals surface area contributed by atoms with Gasteiger partial charge >= 0.3 is 5.97 Å². The van der Waals surface area contributed by atoms with E-state index in [4.69, 9.17) is 21.7 Å². The summed E-state index contributed by atoms with van der Waals surface area (Å²) in [6.45, 7) is 4.04. The zero-order valence-electron chi connectivity index (χ0n) is 16.8. The Morgan fingerprint density at radius 3 is 2.00 bits per heavy atom. The molecule has 4 amide bonds. The highest BCUT2D eigenvalue weighted by molar-refractivity contribution is 5.94. The van der Waals surface area contributed by atoms with E-state index in [2.05, 4.69) is 16.0 Å². The van der Waals surface area contributed by atoms with E-state index < -0.39 is 60.4 Å². The van der Waals surface area contributed by atoms with Crippen molar-refractivity contribution in [1.29, 1.82) is 0 Å². The van der Waals surface area contributed by atoms with Crippen LogP contribution in [0, 0.1) is 5.92 Å². The summed E-state index contributed by atoms with van der Waals surface area (Å²) in [4.78, 5) is 58.6. The third kappa shape index (κ3) is 9.34. The lowest BCUT2D eigenvalue weighted by atomic mass is 9.97. The number of aliphatic carboxylic acids is 1. The van der Waals surface area contributed by atoms with E-state index >= 15 is 0 Å². The number of hydrogen-bond donors (Lipinski definition) is 7. The molecule has 0 spiro atoms. The van der Waals surface area contributed by atoms with Crippen LogP contribution in [0.2, 0.25) is 0 Å². The summed E-state index contributed by atoms with van der Waals surface area (Å²) in [7, 11) is 0. The number of carboxylic acids is 1. The quantitative estimate of drug-likeness (QED) is 0.165. The third-order valence-electron chi connectivity index (χ3n) is 4.38. The Morgan fingerprint density at radius 2 is 1.55 bits per heavy atom. The van der Waals surface area contributed by atoms with Gasteiger partial charge in [0, 0.05) is 6.42 Å². The minimum absolute atomic E-state index is 0.0190. The van der Waals surface area contributed by atoms with Crippen LogP contribution in [0.4, 0.5) is 0 Å². The molecule has 0 saturated carbocycles. The Hall–Kier alpha value is -2.73. The Labute approximate surface area is 168 Å². The molecule has 0 bridgehead atoms. The average Bonchev–Trinajstić information content (AvgIpc) is 2.66. The van der Waals surface area contributed by atoms with Crippen LogP contribution in [-0.4, -0.2) is 70.6 Å². The minimum atomic E-state index is -1.51. The molecule has 12 nitrogen and oxygen atoms in total. The van der Waals surface area contributed by atoms with Crippen molar-refractivity contribution >= 4 is 29.6 Å². The molecule has 0 aromatic carbocycles. The van der Waals surface area contributed by atoms with E-state index in [0.29, 0.717) is 6.42 Å². The molecule has 29 heavy (non-hydrogen) atoms. The lowest BCUT2D eigenvalue weighted by Gasteiger charge is -2.26. The topological polar surface area (TPSA) is 214 Å². The molecule has 5 unspecified atom stereocenters. The molecule has 9 N–H and O–H groups in total. The van der Waals surface area contributed by atoms with Crippen LogP contribution in [0.25, 0.3) is 0 Å². The first-order valence-electron chi connectivity index (χ1n) is 9.23. The number of nitrogens with one attached hydrogen (secondary N) is 3. The Morgan fingerprint density at radius 1 is 0.966 bits per heavy atom. The Bertz CT molecular complexity index is 613. The number of aliphatic hydroxyl groups is 1. The van der Waals surface area contributed by atoms with Gasteiger partial charge in [-0.2, -0.15) is 0 Å². The zero-order valence-corrected chi connectivity index (χ0v) is 16.8.